The van der Waals surface area contributed by atoms with E-state index in [1.807, 2.05) is 0 Å². The lowest BCUT2D eigenvalue weighted by Crippen LogP contribution is -2.39. The molecular weight excluding hydrogens is 316 g/mol. The molecule has 126 valence electrons. The van der Waals surface area contributed by atoms with E-state index in [0.717, 1.165) is 0 Å². The Hall–Kier alpha value is -3.42. The number of phenolic OH excluding ortho intramolecular Hbond substituents is 4. The van der Waals surface area contributed by atoms with Gasteiger partial charge in [-0.2, -0.15) is 0 Å². The highest BCUT2D eigenvalue weighted by molar-refractivity contribution is 6.35. The molecule has 0 saturated carbocycles. The number of aromatic hydroxyl groups is 4. The van der Waals surface area contributed by atoms with Crippen molar-refractivity contribution >= 4 is 11.8 Å². The summed E-state index contributed by atoms with van der Waals surface area (Å²) < 4.78 is 0. The second-order valence-corrected chi connectivity index (χ2v) is 5.01. The number of benzene rings is 2. The van der Waals surface area contributed by atoms with Gasteiger partial charge in [-0.1, -0.05) is 12.1 Å². The molecule has 0 unspecified atom stereocenters. The Bertz CT molecular complexity index is 710. The molecule has 0 aliphatic heterocycles. The fourth-order valence-corrected chi connectivity index (χ4v) is 1.88. The summed E-state index contributed by atoms with van der Waals surface area (Å²) in [5.41, 5.74) is 1.02. The third-order valence-electron chi connectivity index (χ3n) is 3.19. The molecule has 8 nitrogen and oxygen atoms in total. The smallest absolute Gasteiger partial charge is 0.309 e. The molecule has 2 amide bonds. The summed E-state index contributed by atoms with van der Waals surface area (Å²) >= 11 is 0. The van der Waals surface area contributed by atoms with Gasteiger partial charge in [-0.3, -0.25) is 9.59 Å². The van der Waals surface area contributed by atoms with Crippen molar-refractivity contribution in [2.24, 2.45) is 0 Å². The van der Waals surface area contributed by atoms with Crippen molar-refractivity contribution in [1.29, 1.82) is 0 Å². The highest BCUT2D eigenvalue weighted by Crippen LogP contribution is 2.25. The van der Waals surface area contributed by atoms with Crippen LogP contribution in [-0.2, 0) is 22.7 Å². The number of hydrogen-bond acceptors (Lipinski definition) is 6. The second kappa shape index (κ2) is 7.23. The summed E-state index contributed by atoms with van der Waals surface area (Å²) in [5.74, 6) is -2.94. The monoisotopic (exact) mass is 332 g/mol. The number of carbonyl (C=O) groups is 2. The first kappa shape index (κ1) is 16.9. The maximum absolute atomic E-state index is 11.7. The summed E-state index contributed by atoms with van der Waals surface area (Å²) in [6, 6.07) is 8.07. The first-order valence-corrected chi connectivity index (χ1v) is 6.94. The molecule has 0 spiro atoms. The Morgan fingerprint density at radius 2 is 1.04 bits per heavy atom. The van der Waals surface area contributed by atoms with Gasteiger partial charge in [-0.25, -0.2) is 0 Å². The van der Waals surface area contributed by atoms with E-state index in [0.29, 0.717) is 11.1 Å². The molecule has 2 aromatic rings. The third-order valence-corrected chi connectivity index (χ3v) is 3.19. The Labute approximate surface area is 137 Å². The van der Waals surface area contributed by atoms with Crippen molar-refractivity contribution in [3.8, 4) is 23.0 Å². The van der Waals surface area contributed by atoms with Crippen molar-refractivity contribution in [2.45, 2.75) is 13.1 Å². The number of phenols is 4. The Kier molecular flexibility index (Phi) is 5.10. The Morgan fingerprint density at radius 3 is 1.38 bits per heavy atom. The molecule has 24 heavy (non-hydrogen) atoms. The standard InChI is InChI=1S/C16H16N2O6/c19-11-3-1-9(5-13(11)21)7-17-15(23)16(24)18-8-10-2-4-12(20)14(22)6-10/h1-6,19-22H,7-8H2,(H,17,23)(H,18,24). The highest BCUT2D eigenvalue weighted by Gasteiger charge is 2.13. The maximum Gasteiger partial charge on any atom is 0.309 e. The minimum absolute atomic E-state index is 0.0000901. The van der Waals surface area contributed by atoms with Crippen LogP contribution in [0.4, 0.5) is 0 Å². The molecule has 0 radical (unpaired) electrons. The molecule has 0 saturated heterocycles. The van der Waals surface area contributed by atoms with Crippen LogP contribution in [-0.4, -0.2) is 32.2 Å². The third kappa shape index (κ3) is 4.29. The number of carbonyl (C=O) groups excluding carboxylic acids is 2. The van der Waals surface area contributed by atoms with Gasteiger partial charge in [0.1, 0.15) is 0 Å². The minimum atomic E-state index is -0.870. The molecule has 0 aromatic heterocycles. The van der Waals surface area contributed by atoms with Crippen LogP contribution >= 0.6 is 0 Å². The lowest BCUT2D eigenvalue weighted by atomic mass is 10.2. The van der Waals surface area contributed by atoms with Crippen molar-refractivity contribution in [1.82, 2.24) is 10.6 Å². The lowest BCUT2D eigenvalue weighted by molar-refractivity contribution is -0.139. The van der Waals surface area contributed by atoms with Gasteiger partial charge in [-0.15, -0.1) is 0 Å². The predicted octanol–water partition coefficient (Wildman–Crippen LogP) is 0.442. The van der Waals surface area contributed by atoms with E-state index in [-0.39, 0.29) is 36.1 Å². The predicted molar refractivity (Wildman–Crippen MR) is 83.2 cm³/mol. The Morgan fingerprint density at radius 1 is 0.667 bits per heavy atom. The quantitative estimate of drug-likeness (QED) is 0.355. The molecule has 2 aromatic carbocycles. The molecule has 2 rings (SSSR count). The van der Waals surface area contributed by atoms with Crippen LogP contribution in [0.3, 0.4) is 0 Å². The van der Waals surface area contributed by atoms with E-state index in [1.165, 1.54) is 36.4 Å². The van der Waals surface area contributed by atoms with Crippen molar-refractivity contribution < 1.29 is 30.0 Å². The van der Waals surface area contributed by atoms with Crippen LogP contribution in [0.1, 0.15) is 11.1 Å². The molecule has 0 heterocycles. The fraction of sp³-hybridized carbons (Fsp3) is 0.125. The summed E-state index contributed by atoms with van der Waals surface area (Å²) in [5, 5.41) is 41.8. The zero-order valence-corrected chi connectivity index (χ0v) is 12.5. The van der Waals surface area contributed by atoms with E-state index < -0.39 is 11.8 Å². The molecule has 6 N–H and O–H groups in total. The van der Waals surface area contributed by atoms with Crippen LogP contribution in [0, 0.1) is 0 Å². The van der Waals surface area contributed by atoms with E-state index in [2.05, 4.69) is 10.6 Å². The minimum Gasteiger partial charge on any atom is -0.504 e. The van der Waals surface area contributed by atoms with Gasteiger partial charge in [-0.05, 0) is 35.4 Å². The van der Waals surface area contributed by atoms with E-state index in [4.69, 9.17) is 0 Å². The van der Waals surface area contributed by atoms with Crippen LogP contribution in [0.15, 0.2) is 36.4 Å². The number of hydrogen-bond donors (Lipinski definition) is 6. The van der Waals surface area contributed by atoms with Gasteiger partial charge in [0.15, 0.2) is 23.0 Å². The fourth-order valence-electron chi connectivity index (χ4n) is 1.88. The molecule has 0 bridgehead atoms. The average Bonchev–Trinajstić information content (AvgIpc) is 2.56. The zero-order valence-electron chi connectivity index (χ0n) is 12.5. The van der Waals surface area contributed by atoms with E-state index in [9.17, 15) is 30.0 Å². The van der Waals surface area contributed by atoms with E-state index in [1.54, 1.807) is 0 Å². The van der Waals surface area contributed by atoms with Gasteiger partial charge in [0.2, 0.25) is 0 Å². The van der Waals surface area contributed by atoms with Crippen LogP contribution in [0.5, 0.6) is 23.0 Å². The average molecular weight is 332 g/mol. The first-order valence-electron chi connectivity index (χ1n) is 6.94. The summed E-state index contributed by atoms with van der Waals surface area (Å²) in [6.07, 6.45) is 0. The topological polar surface area (TPSA) is 139 Å². The summed E-state index contributed by atoms with van der Waals surface area (Å²) in [6.45, 7) is 0.000180. The molecule has 0 aliphatic carbocycles. The molecule has 0 fully saturated rings. The number of rotatable bonds is 4. The molecule has 0 aliphatic rings. The van der Waals surface area contributed by atoms with Gasteiger partial charge in [0.05, 0.1) is 0 Å². The Balaban J connectivity index is 1.84. The highest BCUT2D eigenvalue weighted by atomic mass is 16.3. The van der Waals surface area contributed by atoms with Gasteiger partial charge in [0, 0.05) is 13.1 Å². The van der Waals surface area contributed by atoms with Crippen molar-refractivity contribution in [3.63, 3.8) is 0 Å². The van der Waals surface area contributed by atoms with Crippen molar-refractivity contribution in [2.75, 3.05) is 0 Å². The second-order valence-electron chi connectivity index (χ2n) is 5.01. The van der Waals surface area contributed by atoms with Gasteiger partial charge in [0.25, 0.3) is 0 Å². The van der Waals surface area contributed by atoms with Crippen molar-refractivity contribution in [3.05, 3.63) is 47.5 Å². The molecule has 0 atom stereocenters. The SMILES string of the molecule is O=C(NCc1ccc(O)c(O)c1)C(=O)NCc1ccc(O)c(O)c1. The number of amides is 2. The van der Waals surface area contributed by atoms with Crippen LogP contribution in [0.2, 0.25) is 0 Å². The molecular formula is C16H16N2O6. The summed E-state index contributed by atoms with van der Waals surface area (Å²) in [7, 11) is 0. The summed E-state index contributed by atoms with van der Waals surface area (Å²) in [4.78, 5) is 23.4. The van der Waals surface area contributed by atoms with Gasteiger partial charge < -0.3 is 31.1 Å². The first-order chi connectivity index (χ1) is 11.4. The van der Waals surface area contributed by atoms with Crippen LogP contribution < -0.4 is 10.6 Å². The lowest BCUT2D eigenvalue weighted by Gasteiger charge is -2.08. The van der Waals surface area contributed by atoms with E-state index >= 15 is 0 Å². The van der Waals surface area contributed by atoms with Gasteiger partial charge >= 0.3 is 11.8 Å². The largest absolute Gasteiger partial charge is 0.504 e. The molecule has 8 heteroatoms. The number of nitrogens with one attached hydrogen (secondary N) is 2. The zero-order chi connectivity index (χ0) is 17.7. The maximum atomic E-state index is 11.7. The normalized spacial score (nSPS) is 10.2. The van der Waals surface area contributed by atoms with Crippen LogP contribution in [0.25, 0.3) is 0 Å².